The molecule has 2 saturated heterocycles. The first-order valence-corrected chi connectivity index (χ1v) is 10.8. The molecule has 26 heavy (non-hydrogen) atoms. The van der Waals surface area contributed by atoms with Crippen LogP contribution in [0.5, 0.6) is 0 Å². The van der Waals surface area contributed by atoms with Crippen LogP contribution in [0.4, 0.5) is 0 Å². The maximum Gasteiger partial charge on any atom is 0.225 e. The monoisotopic (exact) mass is 354 g/mol. The van der Waals surface area contributed by atoms with Crippen molar-refractivity contribution in [1.29, 1.82) is 0 Å². The highest BCUT2D eigenvalue weighted by Gasteiger charge is 2.39. The molecule has 0 bridgehead atoms. The van der Waals surface area contributed by atoms with Gasteiger partial charge in [0.2, 0.25) is 5.91 Å². The topological polar surface area (TPSA) is 23.6 Å². The number of rotatable bonds is 4. The standard InChI is InChI=1S/C23H34N2O/c1-18-7-4-5-8-21(18)17-24-15-12-19(13-16-24)22-9-3-2-6-14-25(22)23(26)20-10-11-20/h4-5,7-8,19-20,22H,2-3,6,9-17H2,1H3/t22-/m1/s1. The van der Waals surface area contributed by atoms with Gasteiger partial charge in [0, 0.05) is 25.0 Å². The number of carbonyl (C=O) groups is 1. The molecule has 3 aliphatic rings. The van der Waals surface area contributed by atoms with Gasteiger partial charge in [0.15, 0.2) is 0 Å². The van der Waals surface area contributed by atoms with Crippen molar-refractivity contribution in [1.82, 2.24) is 9.80 Å². The van der Waals surface area contributed by atoms with Crippen LogP contribution >= 0.6 is 0 Å². The Bertz CT molecular complexity index is 616. The first-order chi connectivity index (χ1) is 12.7. The van der Waals surface area contributed by atoms with Crippen LogP contribution in [0.25, 0.3) is 0 Å². The fourth-order valence-electron chi connectivity index (χ4n) is 4.99. The number of aryl methyl sites for hydroxylation is 1. The molecule has 2 heterocycles. The van der Waals surface area contributed by atoms with Gasteiger partial charge in [-0.25, -0.2) is 0 Å². The van der Waals surface area contributed by atoms with Crippen molar-refractivity contribution >= 4 is 5.91 Å². The molecule has 0 radical (unpaired) electrons. The fraction of sp³-hybridized carbons (Fsp3) is 0.696. The lowest BCUT2D eigenvalue weighted by atomic mass is 9.85. The van der Waals surface area contributed by atoms with E-state index in [0.717, 1.165) is 25.9 Å². The van der Waals surface area contributed by atoms with Gasteiger partial charge in [0.25, 0.3) is 0 Å². The summed E-state index contributed by atoms with van der Waals surface area (Å²) < 4.78 is 0. The zero-order valence-corrected chi connectivity index (χ0v) is 16.3. The molecule has 1 aliphatic carbocycles. The van der Waals surface area contributed by atoms with E-state index in [0.29, 0.717) is 23.8 Å². The molecule has 4 rings (SSSR count). The molecule has 1 atom stereocenters. The quantitative estimate of drug-likeness (QED) is 0.801. The van der Waals surface area contributed by atoms with Crippen molar-refractivity contribution in [2.45, 2.75) is 70.9 Å². The average molecular weight is 355 g/mol. The van der Waals surface area contributed by atoms with Crippen LogP contribution in [0.3, 0.4) is 0 Å². The molecule has 0 unspecified atom stereocenters. The van der Waals surface area contributed by atoms with Gasteiger partial charge >= 0.3 is 0 Å². The Hall–Kier alpha value is -1.35. The van der Waals surface area contributed by atoms with E-state index in [2.05, 4.69) is 41.0 Å². The first kappa shape index (κ1) is 18.0. The third-order valence-corrected chi connectivity index (χ3v) is 6.84. The predicted octanol–water partition coefficient (Wildman–Crippen LogP) is 4.39. The van der Waals surface area contributed by atoms with Gasteiger partial charge < -0.3 is 4.90 Å². The molecule has 0 spiro atoms. The third kappa shape index (κ3) is 4.14. The summed E-state index contributed by atoms with van der Waals surface area (Å²) in [6.07, 6.45) is 9.84. The van der Waals surface area contributed by atoms with Gasteiger partial charge in [-0.05, 0) is 75.6 Å². The van der Waals surface area contributed by atoms with E-state index >= 15 is 0 Å². The summed E-state index contributed by atoms with van der Waals surface area (Å²) in [5, 5.41) is 0. The largest absolute Gasteiger partial charge is 0.339 e. The van der Waals surface area contributed by atoms with Crippen molar-refractivity contribution in [3.8, 4) is 0 Å². The van der Waals surface area contributed by atoms with E-state index in [1.54, 1.807) is 0 Å². The van der Waals surface area contributed by atoms with Crippen LogP contribution in [-0.4, -0.2) is 41.4 Å². The van der Waals surface area contributed by atoms with Crippen molar-refractivity contribution in [3.05, 3.63) is 35.4 Å². The Balaban J connectivity index is 1.36. The number of hydrogen-bond donors (Lipinski definition) is 0. The molecule has 1 amide bonds. The number of hydrogen-bond acceptors (Lipinski definition) is 2. The van der Waals surface area contributed by atoms with Crippen LogP contribution in [-0.2, 0) is 11.3 Å². The molecule has 3 heteroatoms. The minimum absolute atomic E-state index is 0.372. The number of likely N-dealkylation sites (tertiary alicyclic amines) is 2. The van der Waals surface area contributed by atoms with E-state index < -0.39 is 0 Å². The highest BCUT2D eigenvalue weighted by Crippen LogP contribution is 2.36. The molecule has 0 N–H and O–H groups in total. The first-order valence-electron chi connectivity index (χ1n) is 10.8. The molecule has 0 aromatic heterocycles. The number of nitrogens with zero attached hydrogens (tertiary/aromatic N) is 2. The van der Waals surface area contributed by atoms with E-state index in [1.807, 2.05) is 0 Å². The number of benzene rings is 1. The summed E-state index contributed by atoms with van der Waals surface area (Å²) in [5.74, 6) is 1.57. The maximum atomic E-state index is 12.8. The van der Waals surface area contributed by atoms with Gasteiger partial charge in [-0.1, -0.05) is 37.1 Å². The Morgan fingerprint density at radius 1 is 0.962 bits per heavy atom. The summed E-state index contributed by atoms with van der Waals surface area (Å²) >= 11 is 0. The summed E-state index contributed by atoms with van der Waals surface area (Å²) in [6, 6.07) is 9.29. The van der Waals surface area contributed by atoms with E-state index in [4.69, 9.17) is 0 Å². The van der Waals surface area contributed by atoms with Gasteiger partial charge in [-0.2, -0.15) is 0 Å². The molecule has 3 fully saturated rings. The van der Waals surface area contributed by atoms with Gasteiger partial charge in [-0.15, -0.1) is 0 Å². The van der Waals surface area contributed by atoms with E-state index in [9.17, 15) is 4.79 Å². The van der Waals surface area contributed by atoms with Crippen molar-refractivity contribution in [2.24, 2.45) is 11.8 Å². The second-order valence-corrected chi connectivity index (χ2v) is 8.76. The summed E-state index contributed by atoms with van der Waals surface area (Å²) in [6.45, 7) is 6.68. The van der Waals surface area contributed by atoms with E-state index in [-0.39, 0.29) is 0 Å². The van der Waals surface area contributed by atoms with Crippen molar-refractivity contribution in [2.75, 3.05) is 19.6 Å². The minimum Gasteiger partial charge on any atom is -0.339 e. The summed E-state index contributed by atoms with van der Waals surface area (Å²) in [7, 11) is 0. The van der Waals surface area contributed by atoms with Crippen LogP contribution in [0.15, 0.2) is 24.3 Å². The molecule has 3 nitrogen and oxygen atoms in total. The molecular formula is C23H34N2O. The van der Waals surface area contributed by atoms with Gasteiger partial charge in [0.05, 0.1) is 0 Å². The van der Waals surface area contributed by atoms with Gasteiger partial charge in [0.1, 0.15) is 0 Å². The van der Waals surface area contributed by atoms with Crippen LogP contribution in [0.1, 0.15) is 62.5 Å². The Morgan fingerprint density at radius 2 is 1.73 bits per heavy atom. The molecular weight excluding hydrogens is 320 g/mol. The predicted molar refractivity (Wildman–Crippen MR) is 106 cm³/mol. The fourth-order valence-corrected chi connectivity index (χ4v) is 4.99. The summed E-state index contributed by atoms with van der Waals surface area (Å²) in [5.41, 5.74) is 2.87. The lowest BCUT2D eigenvalue weighted by Gasteiger charge is -2.41. The van der Waals surface area contributed by atoms with E-state index in [1.165, 1.54) is 62.7 Å². The lowest BCUT2D eigenvalue weighted by molar-refractivity contribution is -0.136. The Kier molecular flexibility index (Phi) is 5.63. The zero-order valence-electron chi connectivity index (χ0n) is 16.3. The van der Waals surface area contributed by atoms with Crippen molar-refractivity contribution < 1.29 is 4.79 Å². The second kappa shape index (κ2) is 8.12. The second-order valence-electron chi connectivity index (χ2n) is 8.76. The highest BCUT2D eigenvalue weighted by molar-refractivity contribution is 5.81. The molecule has 1 aromatic rings. The number of carbonyl (C=O) groups excluding carboxylic acids is 1. The van der Waals surface area contributed by atoms with Crippen molar-refractivity contribution in [3.63, 3.8) is 0 Å². The maximum absolute atomic E-state index is 12.8. The van der Waals surface area contributed by atoms with Crippen LogP contribution in [0.2, 0.25) is 0 Å². The summed E-state index contributed by atoms with van der Waals surface area (Å²) in [4.78, 5) is 17.8. The normalized spacial score (nSPS) is 25.9. The Morgan fingerprint density at radius 3 is 2.46 bits per heavy atom. The minimum atomic E-state index is 0.372. The highest BCUT2D eigenvalue weighted by atomic mass is 16.2. The molecule has 1 saturated carbocycles. The SMILES string of the molecule is Cc1ccccc1CN1CCC([C@H]2CCCCCN2C(=O)C2CC2)CC1. The Labute approximate surface area is 158 Å². The van der Waals surface area contributed by atoms with Crippen LogP contribution in [0, 0.1) is 18.8 Å². The van der Waals surface area contributed by atoms with Crippen LogP contribution < -0.4 is 0 Å². The molecule has 142 valence electrons. The molecule has 1 aromatic carbocycles. The number of amides is 1. The van der Waals surface area contributed by atoms with Gasteiger partial charge in [-0.3, -0.25) is 9.69 Å². The third-order valence-electron chi connectivity index (χ3n) is 6.84. The average Bonchev–Trinajstić information content (AvgIpc) is 3.51. The zero-order chi connectivity index (χ0) is 17.9. The smallest absolute Gasteiger partial charge is 0.225 e. The number of piperidine rings is 1. The molecule has 2 aliphatic heterocycles. The lowest BCUT2D eigenvalue weighted by Crippen LogP contribution is -2.48.